The molecule has 0 aliphatic carbocycles. The van der Waals surface area contributed by atoms with Crippen molar-refractivity contribution < 1.29 is 0 Å². The first-order chi connectivity index (χ1) is 9.47. The van der Waals surface area contributed by atoms with Gasteiger partial charge in [0.2, 0.25) is 0 Å². The second kappa shape index (κ2) is 5.92. The molecule has 0 bridgehead atoms. The topological polar surface area (TPSA) is 83.6 Å². The number of nitrogens with zero attached hydrogens (tertiary/aromatic N) is 3. The second-order valence-corrected chi connectivity index (χ2v) is 4.90. The van der Waals surface area contributed by atoms with Gasteiger partial charge < -0.3 is 10.3 Å². The summed E-state index contributed by atoms with van der Waals surface area (Å²) >= 11 is 0. The molecule has 0 radical (unpaired) electrons. The Hall–Kier alpha value is -2.08. The first kappa shape index (κ1) is 14.3. The first-order valence-corrected chi connectivity index (χ1v) is 6.55. The van der Waals surface area contributed by atoms with Crippen LogP contribution in [-0.2, 0) is 6.54 Å². The molecule has 2 heterocycles. The van der Waals surface area contributed by atoms with Crippen LogP contribution in [-0.4, -0.2) is 19.9 Å². The van der Waals surface area contributed by atoms with Crippen LogP contribution in [0, 0.1) is 20.8 Å². The van der Waals surface area contributed by atoms with E-state index in [1.807, 2.05) is 20.8 Å². The maximum atomic E-state index is 12.0. The van der Waals surface area contributed by atoms with Gasteiger partial charge in [0.25, 0.3) is 5.56 Å². The van der Waals surface area contributed by atoms with Crippen molar-refractivity contribution in [2.24, 2.45) is 0 Å². The summed E-state index contributed by atoms with van der Waals surface area (Å²) in [5.41, 5.74) is 3.05. The minimum atomic E-state index is -0.102. The zero-order valence-corrected chi connectivity index (χ0v) is 12.2. The van der Waals surface area contributed by atoms with Crippen molar-refractivity contribution in [3.05, 3.63) is 51.2 Å². The fourth-order valence-electron chi connectivity index (χ4n) is 2.12. The Morgan fingerprint density at radius 2 is 2.00 bits per heavy atom. The molecule has 20 heavy (non-hydrogen) atoms. The Morgan fingerprint density at radius 3 is 2.60 bits per heavy atom. The van der Waals surface area contributed by atoms with Crippen LogP contribution < -0.4 is 10.9 Å². The molecule has 0 saturated carbocycles. The van der Waals surface area contributed by atoms with Crippen molar-refractivity contribution in [1.29, 1.82) is 0 Å². The average Bonchev–Trinajstić information content (AvgIpc) is 2.37. The number of aryl methyl sites for hydroxylation is 3. The van der Waals surface area contributed by atoms with Crippen LogP contribution in [0.25, 0.3) is 0 Å². The van der Waals surface area contributed by atoms with Crippen LogP contribution in [0.5, 0.6) is 0 Å². The molecule has 1 atom stereocenters. The summed E-state index contributed by atoms with van der Waals surface area (Å²) in [6.45, 7) is 8.02. The quantitative estimate of drug-likeness (QED) is 0.878. The van der Waals surface area contributed by atoms with Crippen molar-refractivity contribution in [3.63, 3.8) is 0 Å². The summed E-state index contributed by atoms with van der Waals surface area (Å²) < 4.78 is 0. The molecule has 0 aliphatic heterocycles. The van der Waals surface area contributed by atoms with Gasteiger partial charge in [-0.3, -0.25) is 14.8 Å². The molecule has 1 unspecified atom stereocenters. The fraction of sp³-hybridized carbons (Fsp3) is 0.429. The fourth-order valence-corrected chi connectivity index (χ4v) is 2.12. The molecule has 0 amide bonds. The molecule has 6 heteroatoms. The summed E-state index contributed by atoms with van der Waals surface area (Å²) in [7, 11) is 0. The Labute approximate surface area is 117 Å². The highest BCUT2D eigenvalue weighted by Gasteiger charge is 2.14. The van der Waals surface area contributed by atoms with Crippen molar-refractivity contribution in [2.75, 3.05) is 0 Å². The molecule has 0 fully saturated rings. The molecule has 0 aliphatic rings. The lowest BCUT2D eigenvalue weighted by molar-refractivity contribution is 0.555. The van der Waals surface area contributed by atoms with Gasteiger partial charge in [-0.2, -0.15) is 0 Å². The van der Waals surface area contributed by atoms with Gasteiger partial charge in [-0.1, -0.05) is 0 Å². The summed E-state index contributed by atoms with van der Waals surface area (Å²) in [5, 5.41) is 3.27. The van der Waals surface area contributed by atoms with Crippen molar-refractivity contribution in [1.82, 2.24) is 25.3 Å². The third-order valence-electron chi connectivity index (χ3n) is 3.12. The molecule has 2 aromatic rings. The molecular weight excluding hydrogens is 254 g/mol. The van der Waals surface area contributed by atoms with E-state index in [-0.39, 0.29) is 11.6 Å². The number of aromatic amines is 1. The summed E-state index contributed by atoms with van der Waals surface area (Å²) in [6, 6.07) is -0.102. The molecule has 0 aromatic carbocycles. The van der Waals surface area contributed by atoms with Crippen molar-refractivity contribution in [2.45, 2.75) is 40.3 Å². The zero-order chi connectivity index (χ0) is 14.7. The zero-order valence-electron chi connectivity index (χ0n) is 12.2. The highest BCUT2D eigenvalue weighted by molar-refractivity contribution is 5.20. The maximum Gasteiger partial charge on any atom is 0.255 e. The van der Waals surface area contributed by atoms with E-state index >= 15 is 0 Å². The number of H-pyrrole nitrogens is 1. The van der Waals surface area contributed by atoms with Gasteiger partial charge >= 0.3 is 0 Å². The van der Waals surface area contributed by atoms with Gasteiger partial charge in [0.05, 0.1) is 17.0 Å². The summed E-state index contributed by atoms with van der Waals surface area (Å²) in [6.07, 6.45) is 3.46. The van der Waals surface area contributed by atoms with Gasteiger partial charge in [0.1, 0.15) is 5.82 Å². The molecule has 106 valence electrons. The lowest BCUT2D eigenvalue weighted by atomic mass is 10.1. The van der Waals surface area contributed by atoms with Gasteiger partial charge in [-0.15, -0.1) is 0 Å². The number of hydrogen-bond acceptors (Lipinski definition) is 5. The molecule has 6 nitrogen and oxygen atoms in total. The van der Waals surface area contributed by atoms with Gasteiger partial charge in [-0.05, 0) is 27.7 Å². The average molecular weight is 273 g/mol. The second-order valence-electron chi connectivity index (χ2n) is 4.90. The normalized spacial score (nSPS) is 12.4. The number of aromatic nitrogens is 4. The smallest absolute Gasteiger partial charge is 0.255 e. The van der Waals surface area contributed by atoms with Crippen molar-refractivity contribution in [3.8, 4) is 0 Å². The lowest BCUT2D eigenvalue weighted by Crippen LogP contribution is -2.28. The standard InChI is InChI=1S/C14H19N5O/c1-8-5-17-12(6-15-8)7-16-9(2)13-10(3)18-11(4)19-14(13)20/h5-6,9,16H,7H2,1-4H3,(H,18,19,20). The van der Waals surface area contributed by atoms with E-state index in [0.717, 1.165) is 17.1 Å². The van der Waals surface area contributed by atoms with E-state index in [0.29, 0.717) is 17.9 Å². The number of hydrogen-bond donors (Lipinski definition) is 2. The lowest BCUT2D eigenvalue weighted by Gasteiger charge is -2.15. The summed E-state index contributed by atoms with van der Waals surface area (Å²) in [4.78, 5) is 27.5. The van der Waals surface area contributed by atoms with Crippen LogP contribution in [0.1, 0.15) is 41.4 Å². The highest BCUT2D eigenvalue weighted by Crippen LogP contribution is 2.11. The van der Waals surface area contributed by atoms with Gasteiger partial charge in [0.15, 0.2) is 0 Å². The molecule has 0 spiro atoms. The highest BCUT2D eigenvalue weighted by atomic mass is 16.1. The minimum absolute atomic E-state index is 0.0926. The van der Waals surface area contributed by atoms with Crippen molar-refractivity contribution >= 4 is 0 Å². The third-order valence-corrected chi connectivity index (χ3v) is 3.12. The van der Waals surface area contributed by atoms with Crippen LogP contribution in [0.2, 0.25) is 0 Å². The maximum absolute atomic E-state index is 12.0. The molecule has 2 rings (SSSR count). The summed E-state index contributed by atoms with van der Waals surface area (Å²) in [5.74, 6) is 0.632. The molecule has 2 N–H and O–H groups in total. The van der Waals surface area contributed by atoms with E-state index in [9.17, 15) is 4.79 Å². The largest absolute Gasteiger partial charge is 0.310 e. The van der Waals surface area contributed by atoms with Crippen LogP contribution in [0.4, 0.5) is 0 Å². The van der Waals surface area contributed by atoms with Crippen LogP contribution >= 0.6 is 0 Å². The number of nitrogens with one attached hydrogen (secondary N) is 2. The Kier molecular flexibility index (Phi) is 4.24. The Morgan fingerprint density at radius 1 is 1.25 bits per heavy atom. The third kappa shape index (κ3) is 3.27. The van der Waals surface area contributed by atoms with E-state index in [1.54, 1.807) is 19.3 Å². The van der Waals surface area contributed by atoms with Gasteiger partial charge in [0, 0.05) is 30.7 Å². The van der Waals surface area contributed by atoms with E-state index in [1.165, 1.54) is 0 Å². The van der Waals surface area contributed by atoms with E-state index in [4.69, 9.17) is 0 Å². The Balaban J connectivity index is 2.11. The monoisotopic (exact) mass is 273 g/mol. The minimum Gasteiger partial charge on any atom is -0.310 e. The SMILES string of the molecule is Cc1cnc(CNC(C)c2c(C)nc(C)[nH]c2=O)cn1. The van der Waals surface area contributed by atoms with E-state index in [2.05, 4.69) is 25.3 Å². The molecule has 0 saturated heterocycles. The predicted octanol–water partition coefficient (Wildman–Crippen LogP) is 1.34. The predicted molar refractivity (Wildman–Crippen MR) is 76.4 cm³/mol. The van der Waals surface area contributed by atoms with Crippen LogP contribution in [0.15, 0.2) is 17.2 Å². The van der Waals surface area contributed by atoms with Crippen LogP contribution in [0.3, 0.4) is 0 Å². The van der Waals surface area contributed by atoms with E-state index < -0.39 is 0 Å². The Bertz CT molecular complexity index is 648. The molecule has 2 aromatic heterocycles. The molecular formula is C14H19N5O. The first-order valence-electron chi connectivity index (χ1n) is 6.55. The number of rotatable bonds is 4. The van der Waals surface area contributed by atoms with Gasteiger partial charge in [-0.25, -0.2) is 4.98 Å².